The monoisotopic (exact) mass is 450 g/mol. The average molecular weight is 450 g/mol. The zero-order valence-corrected chi connectivity index (χ0v) is 18.0. The number of nitrogens with zero attached hydrogens (tertiary/aromatic N) is 3. The van der Waals surface area contributed by atoms with E-state index in [0.29, 0.717) is 33.2 Å². The lowest BCUT2D eigenvalue weighted by molar-refractivity contribution is -0.111. The molecule has 0 radical (unpaired) electrons. The van der Waals surface area contributed by atoms with E-state index in [2.05, 4.69) is 15.5 Å². The van der Waals surface area contributed by atoms with Gasteiger partial charge in [0, 0.05) is 11.6 Å². The summed E-state index contributed by atoms with van der Waals surface area (Å²) in [6.45, 7) is -0.0171. The summed E-state index contributed by atoms with van der Waals surface area (Å²) in [5, 5.41) is 11.2. The molecule has 3 aromatic rings. The molecule has 1 aromatic heterocycles. The highest BCUT2D eigenvalue weighted by Gasteiger charge is 2.35. The van der Waals surface area contributed by atoms with Crippen molar-refractivity contribution < 1.29 is 23.9 Å². The maximum Gasteiger partial charge on any atom is 0.261 e. The van der Waals surface area contributed by atoms with Crippen LogP contribution in [0.15, 0.2) is 48.5 Å². The first kappa shape index (κ1) is 21.2. The Morgan fingerprint density at radius 1 is 1.06 bits per heavy atom. The predicted octanol–water partition coefficient (Wildman–Crippen LogP) is 3.00. The molecule has 0 saturated heterocycles. The quantitative estimate of drug-likeness (QED) is 0.435. The van der Waals surface area contributed by atoms with E-state index in [4.69, 9.17) is 9.47 Å². The summed E-state index contributed by atoms with van der Waals surface area (Å²) >= 11 is 1.09. The van der Waals surface area contributed by atoms with E-state index in [1.807, 2.05) is 0 Å². The van der Waals surface area contributed by atoms with Gasteiger partial charge in [-0.25, -0.2) is 0 Å². The van der Waals surface area contributed by atoms with Gasteiger partial charge >= 0.3 is 0 Å². The van der Waals surface area contributed by atoms with Crippen LogP contribution in [0.3, 0.4) is 0 Å². The first-order valence-corrected chi connectivity index (χ1v) is 10.3. The van der Waals surface area contributed by atoms with E-state index in [1.165, 1.54) is 13.2 Å². The van der Waals surface area contributed by atoms with Gasteiger partial charge in [-0.3, -0.25) is 24.6 Å². The third-order valence-corrected chi connectivity index (χ3v) is 5.54. The largest absolute Gasteiger partial charge is 0.497 e. The highest BCUT2D eigenvalue weighted by molar-refractivity contribution is 7.15. The SMILES string of the molecule is COc1ccc(OC)c(/C=C/C(=O)Nc2nnc(CN3C(=O)c4ccccc4C3=O)s2)c1. The lowest BCUT2D eigenvalue weighted by Gasteiger charge is -2.10. The lowest BCUT2D eigenvalue weighted by Crippen LogP contribution is -2.29. The number of carbonyl (C=O) groups excluding carboxylic acids is 3. The average Bonchev–Trinajstić information content (AvgIpc) is 3.35. The molecule has 2 aromatic carbocycles. The maximum atomic E-state index is 12.5. The van der Waals surface area contributed by atoms with Crippen LogP contribution in [0, 0.1) is 0 Å². The molecule has 0 saturated carbocycles. The molecule has 1 aliphatic rings. The van der Waals surface area contributed by atoms with Crippen LogP contribution in [0.2, 0.25) is 0 Å². The van der Waals surface area contributed by atoms with E-state index in [0.717, 1.165) is 16.2 Å². The van der Waals surface area contributed by atoms with Crippen molar-refractivity contribution in [2.24, 2.45) is 0 Å². The molecule has 4 rings (SSSR count). The number of carbonyl (C=O) groups is 3. The van der Waals surface area contributed by atoms with E-state index >= 15 is 0 Å². The summed E-state index contributed by atoms with van der Waals surface area (Å²) < 4.78 is 10.5. The number of hydrogen-bond donors (Lipinski definition) is 1. The number of imide groups is 1. The molecule has 0 atom stereocenters. The topological polar surface area (TPSA) is 111 Å². The first-order valence-electron chi connectivity index (χ1n) is 9.49. The van der Waals surface area contributed by atoms with E-state index < -0.39 is 5.91 Å². The number of methoxy groups -OCH3 is 2. The molecule has 1 aliphatic heterocycles. The fourth-order valence-electron chi connectivity index (χ4n) is 3.17. The normalized spacial score (nSPS) is 12.9. The number of hydrogen-bond acceptors (Lipinski definition) is 8. The van der Waals surface area contributed by atoms with Crippen LogP contribution in [0.25, 0.3) is 6.08 Å². The number of ether oxygens (including phenoxy) is 2. The number of rotatable bonds is 7. The second kappa shape index (κ2) is 8.98. The van der Waals surface area contributed by atoms with Gasteiger partial charge in [-0.15, -0.1) is 10.2 Å². The molecule has 32 heavy (non-hydrogen) atoms. The van der Waals surface area contributed by atoms with Crippen molar-refractivity contribution in [2.75, 3.05) is 19.5 Å². The molecule has 1 N–H and O–H groups in total. The van der Waals surface area contributed by atoms with Crippen LogP contribution in [-0.2, 0) is 11.3 Å². The Kier molecular flexibility index (Phi) is 5.95. The minimum absolute atomic E-state index is 0.0171. The van der Waals surface area contributed by atoms with Crippen molar-refractivity contribution in [3.63, 3.8) is 0 Å². The van der Waals surface area contributed by atoms with Gasteiger partial charge in [0.25, 0.3) is 11.8 Å². The lowest BCUT2D eigenvalue weighted by atomic mass is 10.1. The van der Waals surface area contributed by atoms with Crippen LogP contribution in [0.5, 0.6) is 11.5 Å². The summed E-state index contributed by atoms with van der Waals surface area (Å²) in [6, 6.07) is 11.9. The molecule has 2 heterocycles. The summed E-state index contributed by atoms with van der Waals surface area (Å²) in [6.07, 6.45) is 2.93. The summed E-state index contributed by atoms with van der Waals surface area (Å²) in [4.78, 5) is 38.4. The van der Waals surface area contributed by atoms with Gasteiger partial charge < -0.3 is 9.47 Å². The highest BCUT2D eigenvalue weighted by Crippen LogP contribution is 2.27. The Hall–Kier alpha value is -4.05. The number of anilines is 1. The maximum absolute atomic E-state index is 12.5. The number of nitrogens with one attached hydrogen (secondary N) is 1. The molecule has 9 nitrogen and oxygen atoms in total. The fourth-order valence-corrected chi connectivity index (χ4v) is 3.90. The van der Waals surface area contributed by atoms with E-state index in [1.54, 1.807) is 55.7 Å². The second-order valence-corrected chi connectivity index (χ2v) is 7.74. The zero-order valence-electron chi connectivity index (χ0n) is 17.2. The third-order valence-electron chi connectivity index (χ3n) is 4.72. The van der Waals surface area contributed by atoms with Crippen LogP contribution < -0.4 is 14.8 Å². The Labute approximate surface area is 187 Å². The van der Waals surface area contributed by atoms with Gasteiger partial charge in [0.2, 0.25) is 11.0 Å². The fraction of sp³-hybridized carbons (Fsp3) is 0.136. The van der Waals surface area contributed by atoms with Crippen molar-refractivity contribution in [3.05, 3.63) is 70.2 Å². The molecule has 3 amide bonds. The molecule has 0 unspecified atom stereocenters. The van der Waals surface area contributed by atoms with Crippen molar-refractivity contribution >= 4 is 40.3 Å². The summed E-state index contributed by atoms with van der Waals surface area (Å²) in [7, 11) is 3.09. The Morgan fingerprint density at radius 3 is 2.44 bits per heavy atom. The van der Waals surface area contributed by atoms with Gasteiger partial charge in [-0.2, -0.15) is 0 Å². The number of aromatic nitrogens is 2. The predicted molar refractivity (Wildman–Crippen MR) is 118 cm³/mol. The second-order valence-electron chi connectivity index (χ2n) is 6.67. The minimum Gasteiger partial charge on any atom is -0.497 e. The van der Waals surface area contributed by atoms with Gasteiger partial charge in [-0.05, 0) is 36.4 Å². The van der Waals surface area contributed by atoms with Gasteiger partial charge in [0.1, 0.15) is 16.5 Å². The Balaban J connectivity index is 1.41. The van der Waals surface area contributed by atoms with Gasteiger partial charge in [0.05, 0.1) is 31.9 Å². The molecule has 0 spiro atoms. The smallest absolute Gasteiger partial charge is 0.261 e. The van der Waals surface area contributed by atoms with Crippen molar-refractivity contribution in [1.82, 2.24) is 15.1 Å². The van der Waals surface area contributed by atoms with Crippen LogP contribution in [0.4, 0.5) is 5.13 Å². The third kappa shape index (κ3) is 4.21. The van der Waals surface area contributed by atoms with Crippen molar-refractivity contribution in [2.45, 2.75) is 6.54 Å². The standard InChI is InChI=1S/C22H18N4O5S/c1-30-14-8-9-17(31-2)13(11-14)7-10-18(27)23-22-25-24-19(32-22)12-26-20(28)15-5-3-4-6-16(15)21(26)29/h3-11H,12H2,1-2H3,(H,23,25,27)/b10-7+. The highest BCUT2D eigenvalue weighted by atomic mass is 32.1. The van der Waals surface area contributed by atoms with Gasteiger partial charge in [-0.1, -0.05) is 23.5 Å². The van der Waals surface area contributed by atoms with Gasteiger partial charge in [0.15, 0.2) is 0 Å². The molecule has 162 valence electrons. The first-order chi connectivity index (χ1) is 15.5. The van der Waals surface area contributed by atoms with E-state index in [9.17, 15) is 14.4 Å². The number of amides is 3. The van der Waals surface area contributed by atoms with Crippen LogP contribution in [0.1, 0.15) is 31.3 Å². The van der Waals surface area contributed by atoms with Crippen molar-refractivity contribution in [1.29, 1.82) is 0 Å². The molecule has 0 bridgehead atoms. The van der Waals surface area contributed by atoms with Crippen molar-refractivity contribution in [3.8, 4) is 11.5 Å². The molecule has 10 heteroatoms. The zero-order chi connectivity index (χ0) is 22.7. The number of benzene rings is 2. The Morgan fingerprint density at radius 2 is 1.78 bits per heavy atom. The summed E-state index contributed by atoms with van der Waals surface area (Å²) in [5.74, 6) is 0.0585. The molecular weight excluding hydrogens is 432 g/mol. The molecule has 0 fully saturated rings. The minimum atomic E-state index is -0.418. The Bertz CT molecular complexity index is 1200. The number of fused-ring (bicyclic) bond motifs is 1. The van der Waals surface area contributed by atoms with Crippen LogP contribution >= 0.6 is 11.3 Å². The van der Waals surface area contributed by atoms with E-state index in [-0.39, 0.29) is 23.5 Å². The molecular formula is C22H18N4O5S. The molecule has 0 aliphatic carbocycles. The van der Waals surface area contributed by atoms with Crippen LogP contribution in [-0.4, -0.2) is 47.0 Å². The summed E-state index contributed by atoms with van der Waals surface area (Å²) in [5.41, 5.74) is 1.41.